The van der Waals surface area contributed by atoms with Crippen molar-refractivity contribution in [1.29, 1.82) is 0 Å². The number of hydrogen-bond acceptors (Lipinski definition) is 3. The minimum absolute atomic E-state index is 0.0164. The van der Waals surface area contributed by atoms with Crippen LogP contribution in [0, 0.1) is 0 Å². The van der Waals surface area contributed by atoms with Crippen LogP contribution in [-0.4, -0.2) is 28.4 Å². The lowest BCUT2D eigenvalue weighted by atomic mass is 10.1. The molecule has 100 valence electrons. The number of rotatable bonds is 4. The zero-order valence-electron chi connectivity index (χ0n) is 10.9. The first-order chi connectivity index (χ1) is 9.00. The van der Waals surface area contributed by atoms with Gasteiger partial charge in [-0.1, -0.05) is 30.4 Å². The Hall–Kier alpha value is -1.88. The smallest absolute Gasteiger partial charge is 0.258 e. The highest BCUT2D eigenvalue weighted by Gasteiger charge is 2.22. The Bertz CT molecular complexity index is 619. The Morgan fingerprint density at radius 1 is 1.42 bits per heavy atom. The van der Waals surface area contributed by atoms with Crippen molar-refractivity contribution in [2.75, 3.05) is 6.54 Å². The van der Waals surface area contributed by atoms with E-state index in [4.69, 9.17) is 22.4 Å². The van der Waals surface area contributed by atoms with Gasteiger partial charge in [-0.15, -0.1) is 0 Å². The SMILES string of the molecule is CC(C)N(CC(N)=S)C(=O)c1coc2ccccc12. The Balaban J connectivity index is 2.39. The molecule has 0 saturated heterocycles. The average Bonchev–Trinajstić information content (AvgIpc) is 2.78. The van der Waals surface area contributed by atoms with E-state index in [9.17, 15) is 4.79 Å². The molecule has 0 atom stereocenters. The van der Waals surface area contributed by atoms with Crippen LogP contribution in [0.4, 0.5) is 0 Å². The quantitative estimate of drug-likeness (QED) is 0.872. The molecule has 0 fully saturated rings. The maximum absolute atomic E-state index is 12.5. The normalized spacial score (nSPS) is 10.9. The molecule has 0 aliphatic heterocycles. The topological polar surface area (TPSA) is 59.5 Å². The summed E-state index contributed by atoms with van der Waals surface area (Å²) in [6.45, 7) is 4.13. The Labute approximate surface area is 117 Å². The number of para-hydroxylation sites is 1. The van der Waals surface area contributed by atoms with Crippen LogP contribution in [0.15, 0.2) is 34.9 Å². The summed E-state index contributed by atoms with van der Waals surface area (Å²) < 4.78 is 5.39. The molecule has 2 N–H and O–H groups in total. The van der Waals surface area contributed by atoms with Crippen LogP contribution >= 0.6 is 12.2 Å². The van der Waals surface area contributed by atoms with Crippen molar-refractivity contribution in [3.63, 3.8) is 0 Å². The fourth-order valence-corrected chi connectivity index (χ4v) is 2.09. The number of nitrogens with two attached hydrogens (primary N) is 1. The first kappa shape index (κ1) is 13.5. The molecule has 4 nitrogen and oxygen atoms in total. The average molecular weight is 276 g/mol. The summed E-state index contributed by atoms with van der Waals surface area (Å²) in [6.07, 6.45) is 1.49. The van der Waals surface area contributed by atoms with E-state index in [0.29, 0.717) is 16.1 Å². The molecule has 1 heterocycles. The fourth-order valence-electron chi connectivity index (χ4n) is 1.95. The number of benzene rings is 1. The highest BCUT2D eigenvalue weighted by molar-refractivity contribution is 7.80. The first-order valence-corrected chi connectivity index (χ1v) is 6.47. The van der Waals surface area contributed by atoms with Gasteiger partial charge in [0.05, 0.1) is 17.1 Å². The Morgan fingerprint density at radius 2 is 2.11 bits per heavy atom. The second-order valence-corrected chi connectivity index (χ2v) is 5.16. The molecule has 0 spiro atoms. The van der Waals surface area contributed by atoms with Crippen LogP contribution in [0.5, 0.6) is 0 Å². The van der Waals surface area contributed by atoms with Crippen LogP contribution in [0.25, 0.3) is 11.0 Å². The second-order valence-electron chi connectivity index (χ2n) is 4.64. The van der Waals surface area contributed by atoms with Crippen molar-refractivity contribution in [1.82, 2.24) is 4.90 Å². The van der Waals surface area contributed by atoms with Gasteiger partial charge in [0.15, 0.2) is 0 Å². The van der Waals surface area contributed by atoms with Crippen molar-refractivity contribution < 1.29 is 9.21 Å². The molecule has 2 aromatic rings. The third kappa shape index (κ3) is 2.76. The molecule has 19 heavy (non-hydrogen) atoms. The summed E-state index contributed by atoms with van der Waals surface area (Å²) in [6, 6.07) is 7.46. The summed E-state index contributed by atoms with van der Waals surface area (Å²) in [5.41, 5.74) is 6.79. The summed E-state index contributed by atoms with van der Waals surface area (Å²) in [4.78, 5) is 14.5. The van der Waals surface area contributed by atoms with E-state index in [0.717, 1.165) is 5.39 Å². The molecule has 0 bridgehead atoms. The second kappa shape index (κ2) is 5.40. The first-order valence-electron chi connectivity index (χ1n) is 6.06. The van der Waals surface area contributed by atoms with Crippen molar-refractivity contribution in [2.45, 2.75) is 19.9 Å². The predicted octanol–water partition coefficient (Wildman–Crippen LogP) is 2.57. The van der Waals surface area contributed by atoms with Crippen LogP contribution in [0.1, 0.15) is 24.2 Å². The standard InChI is InChI=1S/C14H16N2O2S/c1-9(2)16(7-13(15)19)14(17)11-8-18-12-6-4-3-5-10(11)12/h3-6,8-9H,7H2,1-2H3,(H2,15,19). The molecule has 1 aromatic heterocycles. The van der Waals surface area contributed by atoms with Crippen LogP contribution in [0.2, 0.25) is 0 Å². The van der Waals surface area contributed by atoms with Gasteiger partial charge < -0.3 is 15.1 Å². The van der Waals surface area contributed by atoms with Crippen LogP contribution in [0.3, 0.4) is 0 Å². The zero-order chi connectivity index (χ0) is 14.0. The van der Waals surface area contributed by atoms with E-state index in [1.165, 1.54) is 6.26 Å². The summed E-state index contributed by atoms with van der Waals surface area (Å²) in [5.74, 6) is -0.118. The van der Waals surface area contributed by atoms with Crippen molar-refractivity contribution in [3.8, 4) is 0 Å². The number of carbonyl (C=O) groups is 1. The summed E-state index contributed by atoms with van der Waals surface area (Å²) in [5, 5.41) is 0.807. The highest BCUT2D eigenvalue weighted by Crippen LogP contribution is 2.22. The molecular formula is C14H16N2O2S. The van der Waals surface area contributed by atoms with E-state index in [1.54, 1.807) is 4.90 Å². The van der Waals surface area contributed by atoms with Gasteiger partial charge in [0.1, 0.15) is 11.8 Å². The number of thiocarbonyl (C=S) groups is 1. The minimum atomic E-state index is -0.118. The maximum Gasteiger partial charge on any atom is 0.258 e. The Morgan fingerprint density at radius 3 is 2.74 bits per heavy atom. The molecule has 1 aromatic carbocycles. The number of amides is 1. The van der Waals surface area contributed by atoms with Gasteiger partial charge in [-0.05, 0) is 19.9 Å². The molecule has 0 radical (unpaired) electrons. The van der Waals surface area contributed by atoms with Crippen molar-refractivity contribution in [3.05, 3.63) is 36.1 Å². The molecule has 1 amide bonds. The van der Waals surface area contributed by atoms with E-state index >= 15 is 0 Å². The maximum atomic E-state index is 12.5. The number of carbonyl (C=O) groups excluding carboxylic acids is 1. The molecule has 2 rings (SSSR count). The summed E-state index contributed by atoms with van der Waals surface area (Å²) in [7, 11) is 0. The van der Waals surface area contributed by atoms with Crippen molar-refractivity contribution in [2.24, 2.45) is 5.73 Å². The van der Waals surface area contributed by atoms with Gasteiger partial charge in [0.2, 0.25) is 0 Å². The van der Waals surface area contributed by atoms with Gasteiger partial charge in [-0.3, -0.25) is 4.79 Å². The number of nitrogens with zero attached hydrogens (tertiary/aromatic N) is 1. The number of fused-ring (bicyclic) bond motifs is 1. The largest absolute Gasteiger partial charge is 0.463 e. The third-order valence-electron chi connectivity index (χ3n) is 2.92. The minimum Gasteiger partial charge on any atom is -0.463 e. The monoisotopic (exact) mass is 276 g/mol. The molecule has 0 aliphatic rings. The zero-order valence-corrected chi connectivity index (χ0v) is 11.7. The van der Waals surface area contributed by atoms with E-state index < -0.39 is 0 Å². The number of furan rings is 1. The van der Waals surface area contributed by atoms with Gasteiger partial charge >= 0.3 is 0 Å². The lowest BCUT2D eigenvalue weighted by Crippen LogP contribution is -2.42. The van der Waals surface area contributed by atoms with Gasteiger partial charge in [-0.2, -0.15) is 0 Å². The predicted molar refractivity (Wildman–Crippen MR) is 79.2 cm³/mol. The van der Waals surface area contributed by atoms with E-state index in [1.807, 2.05) is 38.1 Å². The molecule has 0 unspecified atom stereocenters. The van der Waals surface area contributed by atoms with Gasteiger partial charge in [-0.25, -0.2) is 0 Å². The molecule has 0 aliphatic carbocycles. The van der Waals surface area contributed by atoms with E-state index in [2.05, 4.69) is 0 Å². The number of hydrogen-bond donors (Lipinski definition) is 1. The third-order valence-corrected chi connectivity index (χ3v) is 3.05. The highest BCUT2D eigenvalue weighted by atomic mass is 32.1. The van der Waals surface area contributed by atoms with Crippen LogP contribution < -0.4 is 5.73 Å². The lowest BCUT2D eigenvalue weighted by molar-refractivity contribution is 0.0737. The molecular weight excluding hydrogens is 260 g/mol. The Kier molecular flexibility index (Phi) is 3.85. The van der Waals surface area contributed by atoms with Gasteiger partial charge in [0.25, 0.3) is 5.91 Å². The fraction of sp³-hybridized carbons (Fsp3) is 0.286. The van der Waals surface area contributed by atoms with Crippen LogP contribution in [-0.2, 0) is 0 Å². The summed E-state index contributed by atoms with van der Waals surface area (Å²) >= 11 is 4.90. The van der Waals surface area contributed by atoms with E-state index in [-0.39, 0.29) is 18.5 Å². The molecule has 0 saturated carbocycles. The van der Waals surface area contributed by atoms with Gasteiger partial charge in [0, 0.05) is 11.4 Å². The molecule has 5 heteroatoms. The van der Waals surface area contributed by atoms with Crippen molar-refractivity contribution >= 4 is 34.1 Å². The lowest BCUT2D eigenvalue weighted by Gasteiger charge is -2.25.